The summed E-state index contributed by atoms with van der Waals surface area (Å²) in [6, 6.07) is 13.6. The number of nitrogens with zero attached hydrogens (tertiary/aromatic N) is 3. The molecule has 0 aliphatic heterocycles. The van der Waals surface area contributed by atoms with Gasteiger partial charge in [-0.2, -0.15) is 4.31 Å². The fourth-order valence-electron chi connectivity index (χ4n) is 2.80. The summed E-state index contributed by atoms with van der Waals surface area (Å²) in [4.78, 5) is 12.4. The molecule has 0 unspecified atom stereocenters. The highest BCUT2D eigenvalue weighted by molar-refractivity contribution is 7.89. The van der Waals surface area contributed by atoms with E-state index in [1.165, 1.54) is 33.9 Å². The number of sulfonamides is 1. The van der Waals surface area contributed by atoms with Crippen LogP contribution in [0.4, 0.5) is 5.13 Å². The van der Waals surface area contributed by atoms with Crippen molar-refractivity contribution in [3.05, 3.63) is 65.2 Å². The number of benzene rings is 2. The molecule has 1 N–H and O–H groups in total. The minimum Gasteiger partial charge on any atom is -0.297 e. The van der Waals surface area contributed by atoms with E-state index in [4.69, 9.17) is 11.6 Å². The number of nitrogens with one attached hydrogen (secondary N) is 1. The zero-order valence-electron chi connectivity index (χ0n) is 16.9. The molecule has 31 heavy (non-hydrogen) atoms. The van der Waals surface area contributed by atoms with Gasteiger partial charge in [0.25, 0.3) is 0 Å². The van der Waals surface area contributed by atoms with E-state index in [2.05, 4.69) is 15.5 Å². The van der Waals surface area contributed by atoms with Crippen LogP contribution in [0.5, 0.6) is 0 Å². The Morgan fingerprint density at radius 2 is 1.77 bits per heavy atom. The molecule has 3 rings (SSSR count). The van der Waals surface area contributed by atoms with E-state index in [-0.39, 0.29) is 10.8 Å². The highest BCUT2D eigenvalue weighted by atomic mass is 35.5. The fourth-order valence-corrected chi connectivity index (χ4v) is 5.32. The largest absolute Gasteiger partial charge is 0.297 e. The molecular formula is C21H21ClN4O3S2. The lowest BCUT2D eigenvalue weighted by atomic mass is 10.2. The predicted molar refractivity (Wildman–Crippen MR) is 125 cm³/mol. The van der Waals surface area contributed by atoms with Gasteiger partial charge in [-0.3, -0.25) is 10.1 Å². The maximum absolute atomic E-state index is 12.5. The highest BCUT2D eigenvalue weighted by Gasteiger charge is 2.21. The van der Waals surface area contributed by atoms with Crippen LogP contribution in [-0.4, -0.2) is 41.9 Å². The van der Waals surface area contributed by atoms with Crippen LogP contribution in [-0.2, 0) is 14.8 Å². The summed E-state index contributed by atoms with van der Waals surface area (Å²) in [5, 5.41) is 12.2. The summed E-state index contributed by atoms with van der Waals surface area (Å²) in [7, 11) is -3.51. The Balaban J connectivity index is 1.65. The first kappa shape index (κ1) is 23.1. The molecule has 1 amide bonds. The minimum absolute atomic E-state index is 0.221. The van der Waals surface area contributed by atoms with Crippen molar-refractivity contribution in [1.29, 1.82) is 0 Å². The van der Waals surface area contributed by atoms with Crippen LogP contribution in [0.1, 0.15) is 19.4 Å². The summed E-state index contributed by atoms with van der Waals surface area (Å²) >= 11 is 7.38. The zero-order chi connectivity index (χ0) is 22.4. The first-order chi connectivity index (χ1) is 14.8. The van der Waals surface area contributed by atoms with E-state index in [0.29, 0.717) is 33.8 Å². The van der Waals surface area contributed by atoms with Gasteiger partial charge in [-0.25, -0.2) is 8.42 Å². The molecule has 0 saturated carbocycles. The molecule has 3 aromatic rings. The summed E-state index contributed by atoms with van der Waals surface area (Å²) < 4.78 is 26.4. The summed E-state index contributed by atoms with van der Waals surface area (Å²) in [5.41, 5.74) is 1.44. The van der Waals surface area contributed by atoms with Gasteiger partial charge in [0.2, 0.25) is 21.1 Å². The van der Waals surface area contributed by atoms with Crippen LogP contribution in [0.25, 0.3) is 16.6 Å². The molecule has 10 heteroatoms. The lowest BCUT2D eigenvalue weighted by Gasteiger charge is -2.18. The highest BCUT2D eigenvalue weighted by Crippen LogP contribution is 2.31. The van der Waals surface area contributed by atoms with Gasteiger partial charge in [0, 0.05) is 24.7 Å². The summed E-state index contributed by atoms with van der Waals surface area (Å²) in [6.07, 6.45) is 2.95. The molecule has 1 heterocycles. The average Bonchev–Trinajstić information content (AvgIpc) is 3.21. The van der Waals surface area contributed by atoms with E-state index in [0.717, 1.165) is 5.56 Å². The Bertz CT molecular complexity index is 1190. The Morgan fingerprint density at radius 3 is 2.42 bits per heavy atom. The maximum Gasteiger partial charge on any atom is 0.250 e. The number of halogens is 1. The third kappa shape index (κ3) is 5.56. The van der Waals surface area contributed by atoms with Crippen LogP contribution in [0.2, 0.25) is 5.02 Å². The molecule has 0 fully saturated rings. The lowest BCUT2D eigenvalue weighted by molar-refractivity contribution is -0.111. The molecule has 7 nitrogen and oxygen atoms in total. The average molecular weight is 477 g/mol. The van der Waals surface area contributed by atoms with E-state index < -0.39 is 10.0 Å². The minimum atomic E-state index is -3.51. The first-order valence-corrected chi connectivity index (χ1v) is 12.2. The van der Waals surface area contributed by atoms with E-state index >= 15 is 0 Å². The second-order valence-electron chi connectivity index (χ2n) is 6.37. The summed E-state index contributed by atoms with van der Waals surface area (Å²) in [6.45, 7) is 4.41. The van der Waals surface area contributed by atoms with Crippen molar-refractivity contribution in [2.75, 3.05) is 18.4 Å². The molecule has 2 aromatic carbocycles. The van der Waals surface area contributed by atoms with Crippen LogP contribution in [0.3, 0.4) is 0 Å². The smallest absolute Gasteiger partial charge is 0.250 e. The third-order valence-corrected chi connectivity index (χ3v) is 7.68. The Kier molecular flexibility index (Phi) is 7.55. The standard InChI is InChI=1S/C21H21ClN4O3S2/c1-3-26(4-2)31(28,29)16-12-9-15(10-13-16)11-14-19(27)23-21-25-24-20(30-21)17-7-5-6-8-18(17)22/h5-14H,3-4H2,1-2H3,(H,23,25,27). The fraction of sp³-hybridized carbons (Fsp3) is 0.190. The van der Waals surface area contributed by atoms with Gasteiger partial charge >= 0.3 is 0 Å². The van der Waals surface area contributed by atoms with Gasteiger partial charge in [-0.1, -0.05) is 67.1 Å². The van der Waals surface area contributed by atoms with Crippen molar-refractivity contribution >= 4 is 50.1 Å². The molecule has 1 aromatic heterocycles. The number of amides is 1. The number of anilines is 1. The van der Waals surface area contributed by atoms with Crippen LogP contribution >= 0.6 is 22.9 Å². The van der Waals surface area contributed by atoms with E-state index in [1.807, 2.05) is 18.2 Å². The third-order valence-electron chi connectivity index (χ3n) is 4.41. The zero-order valence-corrected chi connectivity index (χ0v) is 19.3. The molecule has 0 radical (unpaired) electrons. The Hall–Kier alpha value is -2.59. The number of carbonyl (C=O) groups is 1. The van der Waals surface area contributed by atoms with Gasteiger partial charge in [-0.05, 0) is 29.8 Å². The Morgan fingerprint density at radius 1 is 1.10 bits per heavy atom. The Labute approximate surface area is 190 Å². The first-order valence-electron chi connectivity index (χ1n) is 9.52. The molecule has 162 valence electrons. The molecule has 0 aliphatic rings. The molecule has 0 aliphatic carbocycles. The van der Waals surface area contributed by atoms with Gasteiger partial charge in [0.1, 0.15) is 0 Å². The molecule has 0 atom stereocenters. The quantitative estimate of drug-likeness (QED) is 0.482. The number of aromatic nitrogens is 2. The molecular weight excluding hydrogens is 456 g/mol. The summed E-state index contributed by atoms with van der Waals surface area (Å²) in [5.74, 6) is -0.373. The van der Waals surface area contributed by atoms with E-state index in [1.54, 1.807) is 38.1 Å². The SMILES string of the molecule is CCN(CC)S(=O)(=O)c1ccc(C=CC(=O)Nc2nnc(-c3ccccc3Cl)s2)cc1. The molecule has 0 bridgehead atoms. The van der Waals surface area contributed by atoms with Crippen LogP contribution in [0.15, 0.2) is 59.5 Å². The number of hydrogen-bond donors (Lipinski definition) is 1. The topological polar surface area (TPSA) is 92.3 Å². The van der Waals surface area contributed by atoms with E-state index in [9.17, 15) is 13.2 Å². The van der Waals surface area contributed by atoms with Crippen molar-refractivity contribution in [1.82, 2.24) is 14.5 Å². The van der Waals surface area contributed by atoms with Crippen molar-refractivity contribution in [2.45, 2.75) is 18.7 Å². The monoisotopic (exact) mass is 476 g/mol. The second kappa shape index (κ2) is 10.1. The van der Waals surface area contributed by atoms with Crippen molar-refractivity contribution in [3.8, 4) is 10.6 Å². The van der Waals surface area contributed by atoms with Gasteiger partial charge in [-0.15, -0.1) is 10.2 Å². The molecule has 0 saturated heterocycles. The van der Waals surface area contributed by atoms with Crippen LogP contribution in [0, 0.1) is 0 Å². The van der Waals surface area contributed by atoms with Gasteiger partial charge in [0.05, 0.1) is 9.92 Å². The normalized spacial score (nSPS) is 11.9. The van der Waals surface area contributed by atoms with Crippen molar-refractivity contribution < 1.29 is 13.2 Å². The lowest BCUT2D eigenvalue weighted by Crippen LogP contribution is -2.30. The van der Waals surface area contributed by atoms with Gasteiger partial charge in [0.15, 0.2) is 5.01 Å². The van der Waals surface area contributed by atoms with Crippen molar-refractivity contribution in [2.24, 2.45) is 0 Å². The predicted octanol–water partition coefficient (Wildman–Crippen LogP) is 4.54. The number of rotatable bonds is 8. The number of hydrogen-bond acceptors (Lipinski definition) is 6. The van der Waals surface area contributed by atoms with Crippen molar-refractivity contribution in [3.63, 3.8) is 0 Å². The molecule has 0 spiro atoms. The van der Waals surface area contributed by atoms with Gasteiger partial charge < -0.3 is 0 Å². The maximum atomic E-state index is 12.5. The van der Waals surface area contributed by atoms with Crippen LogP contribution < -0.4 is 5.32 Å². The second-order valence-corrected chi connectivity index (χ2v) is 9.70. The number of carbonyl (C=O) groups excluding carboxylic acids is 1.